The van der Waals surface area contributed by atoms with Gasteiger partial charge < -0.3 is 4.74 Å². The summed E-state index contributed by atoms with van der Waals surface area (Å²) in [6, 6.07) is 1.81. The maximum atomic E-state index is 12.2. The van der Waals surface area contributed by atoms with E-state index in [1.807, 2.05) is 6.07 Å². The molecule has 0 bridgehead atoms. The zero-order valence-corrected chi connectivity index (χ0v) is 9.56. The lowest BCUT2D eigenvalue weighted by Crippen LogP contribution is -2.19. The first kappa shape index (κ1) is 13.6. The van der Waals surface area contributed by atoms with Crippen molar-refractivity contribution in [3.63, 3.8) is 0 Å². The van der Waals surface area contributed by atoms with Crippen LogP contribution in [0.15, 0.2) is 6.20 Å². The molecule has 0 unspecified atom stereocenters. The number of aryl methyl sites for hydroxylation is 1. The number of hydrogen-bond acceptors (Lipinski definition) is 3. The highest BCUT2D eigenvalue weighted by Gasteiger charge is 2.33. The van der Waals surface area contributed by atoms with Crippen molar-refractivity contribution in [1.29, 1.82) is 5.26 Å². The van der Waals surface area contributed by atoms with Gasteiger partial charge in [0.2, 0.25) is 0 Å². The van der Waals surface area contributed by atoms with Crippen molar-refractivity contribution in [2.45, 2.75) is 25.6 Å². The average molecular weight is 265 g/mol. The van der Waals surface area contributed by atoms with Gasteiger partial charge in [0.1, 0.15) is 5.75 Å². The summed E-state index contributed by atoms with van der Waals surface area (Å²) < 4.78 is 40.5. The highest BCUT2D eigenvalue weighted by atomic mass is 35.5. The Hall–Kier alpha value is -1.48. The Balaban J connectivity index is 3.26. The summed E-state index contributed by atoms with van der Waals surface area (Å²) in [5.74, 6) is -0.565. The topological polar surface area (TPSA) is 45.9 Å². The standard InChI is InChI=1S/C10H8ClF3N2O/c1-6-5-16-8(2-3-15)7(4-11)9(6)17-10(12,13)14/h5H,2,4H2,1H3. The number of pyridine rings is 1. The number of aromatic nitrogens is 1. The summed E-state index contributed by atoms with van der Waals surface area (Å²) in [7, 11) is 0. The van der Waals surface area contributed by atoms with Crippen LogP contribution in [0.3, 0.4) is 0 Å². The van der Waals surface area contributed by atoms with E-state index in [1.165, 1.54) is 13.1 Å². The Morgan fingerprint density at radius 3 is 2.65 bits per heavy atom. The van der Waals surface area contributed by atoms with Gasteiger partial charge in [-0.1, -0.05) is 0 Å². The second kappa shape index (κ2) is 5.23. The van der Waals surface area contributed by atoms with E-state index in [4.69, 9.17) is 16.9 Å². The molecule has 0 saturated heterocycles. The second-order valence-corrected chi connectivity index (χ2v) is 3.48. The van der Waals surface area contributed by atoms with Crippen LogP contribution in [0.2, 0.25) is 0 Å². The molecule has 7 heteroatoms. The molecule has 0 aromatic carbocycles. The smallest absolute Gasteiger partial charge is 0.405 e. The van der Waals surface area contributed by atoms with Crippen LogP contribution in [0.4, 0.5) is 13.2 Å². The van der Waals surface area contributed by atoms with Crippen molar-refractivity contribution in [3.05, 3.63) is 23.0 Å². The monoisotopic (exact) mass is 264 g/mol. The third-order valence-corrected chi connectivity index (χ3v) is 2.26. The van der Waals surface area contributed by atoms with Crippen molar-refractivity contribution in [2.24, 2.45) is 0 Å². The minimum Gasteiger partial charge on any atom is -0.405 e. The first-order valence-electron chi connectivity index (χ1n) is 4.55. The molecule has 1 aromatic heterocycles. The summed E-state index contributed by atoms with van der Waals surface area (Å²) >= 11 is 5.58. The van der Waals surface area contributed by atoms with Gasteiger partial charge in [-0.15, -0.1) is 24.8 Å². The third-order valence-electron chi connectivity index (χ3n) is 1.99. The van der Waals surface area contributed by atoms with Crippen LogP contribution < -0.4 is 4.74 Å². The average Bonchev–Trinajstić information content (AvgIpc) is 2.22. The molecule has 0 fully saturated rings. The van der Waals surface area contributed by atoms with E-state index in [-0.39, 0.29) is 34.9 Å². The fourth-order valence-electron chi connectivity index (χ4n) is 1.30. The molecule has 0 saturated carbocycles. The quantitative estimate of drug-likeness (QED) is 0.788. The summed E-state index contributed by atoms with van der Waals surface area (Å²) in [4.78, 5) is 3.88. The molecule has 17 heavy (non-hydrogen) atoms. The summed E-state index contributed by atoms with van der Waals surface area (Å²) in [5.41, 5.74) is 0.526. The molecule has 0 aliphatic carbocycles. The second-order valence-electron chi connectivity index (χ2n) is 3.21. The van der Waals surface area contributed by atoms with Crippen LogP contribution in [0.25, 0.3) is 0 Å². The van der Waals surface area contributed by atoms with E-state index >= 15 is 0 Å². The Morgan fingerprint density at radius 1 is 1.53 bits per heavy atom. The fraction of sp³-hybridized carbons (Fsp3) is 0.400. The van der Waals surface area contributed by atoms with Crippen LogP contribution in [0.1, 0.15) is 16.8 Å². The zero-order chi connectivity index (χ0) is 13.1. The molecule has 0 N–H and O–H groups in total. The number of hydrogen-bond donors (Lipinski definition) is 0. The first-order chi connectivity index (χ1) is 7.89. The van der Waals surface area contributed by atoms with Gasteiger partial charge in [-0.05, 0) is 6.92 Å². The maximum absolute atomic E-state index is 12.2. The number of halogens is 4. The molecule has 0 amide bonds. The van der Waals surface area contributed by atoms with Gasteiger partial charge in [0, 0.05) is 17.3 Å². The molecule has 1 rings (SSSR count). The number of rotatable bonds is 3. The summed E-state index contributed by atoms with van der Waals surface area (Å²) in [6.07, 6.45) is -3.68. The Morgan fingerprint density at radius 2 is 2.18 bits per heavy atom. The lowest BCUT2D eigenvalue weighted by Gasteiger charge is -2.15. The van der Waals surface area contributed by atoms with Gasteiger partial charge in [0.05, 0.1) is 24.1 Å². The molecule has 92 valence electrons. The van der Waals surface area contributed by atoms with Crippen molar-refractivity contribution in [1.82, 2.24) is 4.98 Å². The minimum atomic E-state index is -4.79. The van der Waals surface area contributed by atoms with E-state index in [1.54, 1.807) is 0 Å². The van der Waals surface area contributed by atoms with Crippen molar-refractivity contribution < 1.29 is 17.9 Å². The van der Waals surface area contributed by atoms with Gasteiger partial charge >= 0.3 is 6.36 Å². The Bertz CT molecular complexity index is 454. The summed E-state index contributed by atoms with van der Waals surface area (Å²) in [6.45, 7) is 1.43. The van der Waals surface area contributed by atoms with Gasteiger partial charge in [-0.3, -0.25) is 4.98 Å². The SMILES string of the molecule is Cc1cnc(CC#N)c(CCl)c1OC(F)(F)F. The van der Waals surface area contributed by atoms with E-state index in [0.29, 0.717) is 0 Å². The van der Waals surface area contributed by atoms with E-state index < -0.39 is 6.36 Å². The molecular weight excluding hydrogens is 257 g/mol. The van der Waals surface area contributed by atoms with Crippen LogP contribution in [0.5, 0.6) is 5.75 Å². The molecule has 1 aromatic rings. The molecule has 1 heterocycles. The lowest BCUT2D eigenvalue weighted by molar-refractivity contribution is -0.275. The summed E-state index contributed by atoms with van der Waals surface area (Å²) in [5, 5.41) is 8.54. The molecule has 0 spiro atoms. The van der Waals surface area contributed by atoms with Gasteiger partial charge in [0.25, 0.3) is 0 Å². The minimum absolute atomic E-state index is 0.102. The van der Waals surface area contributed by atoms with Crippen LogP contribution in [-0.4, -0.2) is 11.3 Å². The van der Waals surface area contributed by atoms with Gasteiger partial charge in [-0.25, -0.2) is 0 Å². The highest BCUT2D eigenvalue weighted by Crippen LogP contribution is 2.32. The van der Waals surface area contributed by atoms with E-state index in [9.17, 15) is 13.2 Å². The van der Waals surface area contributed by atoms with Crippen LogP contribution in [-0.2, 0) is 12.3 Å². The number of ether oxygens (including phenoxy) is 1. The molecule has 0 aliphatic rings. The third kappa shape index (κ3) is 3.49. The van der Waals surface area contributed by atoms with Crippen molar-refractivity contribution in [3.8, 4) is 11.8 Å². The predicted molar refractivity (Wildman–Crippen MR) is 54.5 cm³/mol. The molecule has 0 atom stereocenters. The van der Waals surface area contributed by atoms with Crippen molar-refractivity contribution >= 4 is 11.6 Å². The normalized spacial score (nSPS) is 11.1. The Labute approximate surface area is 101 Å². The maximum Gasteiger partial charge on any atom is 0.573 e. The number of alkyl halides is 4. The largest absolute Gasteiger partial charge is 0.573 e. The molecular formula is C10H8ClF3N2O. The van der Waals surface area contributed by atoms with E-state index in [0.717, 1.165) is 0 Å². The van der Waals surface area contributed by atoms with Gasteiger partial charge in [0.15, 0.2) is 0 Å². The Kier molecular flexibility index (Phi) is 4.18. The molecule has 3 nitrogen and oxygen atoms in total. The van der Waals surface area contributed by atoms with Crippen LogP contribution >= 0.6 is 11.6 Å². The predicted octanol–water partition coefficient (Wildman–Crippen LogP) is 3.09. The fourth-order valence-corrected chi connectivity index (χ4v) is 1.58. The highest BCUT2D eigenvalue weighted by molar-refractivity contribution is 6.17. The molecule has 0 aliphatic heterocycles. The first-order valence-corrected chi connectivity index (χ1v) is 5.08. The van der Waals surface area contributed by atoms with E-state index in [2.05, 4.69) is 9.72 Å². The lowest BCUT2D eigenvalue weighted by atomic mass is 10.1. The van der Waals surface area contributed by atoms with Crippen LogP contribution in [0, 0.1) is 18.3 Å². The molecule has 0 radical (unpaired) electrons. The number of nitriles is 1. The zero-order valence-electron chi connectivity index (χ0n) is 8.81. The van der Waals surface area contributed by atoms with Gasteiger partial charge in [-0.2, -0.15) is 5.26 Å². The number of nitrogens with zero attached hydrogens (tertiary/aromatic N) is 2. The van der Waals surface area contributed by atoms with Crippen molar-refractivity contribution in [2.75, 3.05) is 0 Å².